The zero-order valence-corrected chi connectivity index (χ0v) is 9.74. The van der Waals surface area contributed by atoms with Crippen LogP contribution in [0.5, 0.6) is 0 Å². The van der Waals surface area contributed by atoms with Crippen LogP contribution in [-0.2, 0) is 20.7 Å². The van der Waals surface area contributed by atoms with Gasteiger partial charge in [-0.1, -0.05) is 30.3 Å². The molecule has 2 amide bonds. The monoisotopic (exact) mass is 247 g/mol. The molecule has 1 aliphatic heterocycles. The number of aldehydes is 1. The fourth-order valence-corrected chi connectivity index (χ4v) is 1.97. The zero-order chi connectivity index (χ0) is 13.0. The first-order valence-corrected chi connectivity index (χ1v) is 5.68. The molecule has 0 bridgehead atoms. The van der Waals surface area contributed by atoms with E-state index < -0.39 is 12.0 Å². The van der Waals surface area contributed by atoms with Crippen molar-refractivity contribution >= 4 is 18.3 Å². The van der Waals surface area contributed by atoms with Gasteiger partial charge in [0.05, 0.1) is 12.5 Å². The summed E-state index contributed by atoms with van der Waals surface area (Å²) >= 11 is 0. The fourth-order valence-electron chi connectivity index (χ4n) is 1.97. The van der Waals surface area contributed by atoms with Crippen molar-refractivity contribution in [2.75, 3.05) is 6.61 Å². The molecule has 0 unspecified atom stereocenters. The minimum absolute atomic E-state index is 0.179. The normalized spacial score (nSPS) is 18.6. The number of benzene rings is 1. The molecular weight excluding hydrogens is 234 g/mol. The molecule has 1 fully saturated rings. The molecule has 1 aliphatic rings. The van der Waals surface area contributed by atoms with E-state index in [-0.39, 0.29) is 19.1 Å². The van der Waals surface area contributed by atoms with Crippen LogP contribution in [0.25, 0.3) is 0 Å². The fraction of sp³-hybridized carbons (Fsp3) is 0.308. The van der Waals surface area contributed by atoms with Crippen LogP contribution in [0, 0.1) is 0 Å². The number of hydrogen-bond acceptors (Lipinski definition) is 4. The van der Waals surface area contributed by atoms with Gasteiger partial charge >= 0.3 is 6.09 Å². The molecular formula is C13H13NO4. The molecule has 0 aliphatic carbocycles. The lowest BCUT2D eigenvalue weighted by molar-refractivity contribution is -0.130. The Kier molecular flexibility index (Phi) is 3.72. The van der Waals surface area contributed by atoms with Crippen molar-refractivity contribution in [2.24, 2.45) is 0 Å². The number of hydrogen-bond donors (Lipinski definition) is 0. The summed E-state index contributed by atoms with van der Waals surface area (Å²) in [6.45, 7) is 0.179. The number of imide groups is 1. The van der Waals surface area contributed by atoms with E-state index in [4.69, 9.17) is 4.74 Å². The molecule has 1 atom stereocenters. The molecule has 0 N–H and O–H groups in total. The van der Waals surface area contributed by atoms with Gasteiger partial charge in [0.1, 0.15) is 12.9 Å². The van der Waals surface area contributed by atoms with Crippen LogP contribution < -0.4 is 0 Å². The molecule has 1 saturated heterocycles. The summed E-state index contributed by atoms with van der Waals surface area (Å²) in [6, 6.07) is 9.20. The molecule has 1 heterocycles. The number of amides is 2. The van der Waals surface area contributed by atoms with Crippen LogP contribution in [0.2, 0.25) is 0 Å². The molecule has 0 saturated carbocycles. The minimum atomic E-state index is -0.664. The number of nitrogens with zero attached hydrogens (tertiary/aromatic N) is 1. The molecule has 0 spiro atoms. The number of rotatable bonds is 4. The van der Waals surface area contributed by atoms with Gasteiger partial charge in [-0.05, 0) is 12.0 Å². The maximum absolute atomic E-state index is 11.7. The van der Waals surface area contributed by atoms with Gasteiger partial charge in [-0.3, -0.25) is 4.79 Å². The van der Waals surface area contributed by atoms with Crippen molar-refractivity contribution in [2.45, 2.75) is 18.9 Å². The van der Waals surface area contributed by atoms with Gasteiger partial charge in [-0.2, -0.15) is 0 Å². The highest BCUT2D eigenvalue weighted by atomic mass is 16.6. The lowest BCUT2D eigenvalue weighted by atomic mass is 10.1. The van der Waals surface area contributed by atoms with Gasteiger partial charge in [0.15, 0.2) is 0 Å². The van der Waals surface area contributed by atoms with Gasteiger partial charge in [-0.15, -0.1) is 0 Å². The van der Waals surface area contributed by atoms with E-state index in [2.05, 4.69) is 0 Å². The minimum Gasteiger partial charge on any atom is -0.447 e. The van der Waals surface area contributed by atoms with Crippen LogP contribution in [0.15, 0.2) is 30.3 Å². The zero-order valence-electron chi connectivity index (χ0n) is 9.74. The van der Waals surface area contributed by atoms with Crippen LogP contribution >= 0.6 is 0 Å². The summed E-state index contributed by atoms with van der Waals surface area (Å²) < 4.78 is 4.87. The SMILES string of the molecule is O=CCC(=O)N1C(=O)OC[C@H]1Cc1ccccc1. The Hall–Kier alpha value is -2.17. The average molecular weight is 247 g/mol. The summed E-state index contributed by atoms with van der Waals surface area (Å²) in [4.78, 5) is 34.5. The van der Waals surface area contributed by atoms with Crippen LogP contribution in [0.4, 0.5) is 4.79 Å². The lowest BCUT2D eigenvalue weighted by Crippen LogP contribution is -2.40. The first-order valence-electron chi connectivity index (χ1n) is 5.68. The van der Waals surface area contributed by atoms with E-state index in [9.17, 15) is 14.4 Å². The van der Waals surface area contributed by atoms with Gasteiger partial charge in [0, 0.05) is 0 Å². The van der Waals surface area contributed by atoms with E-state index in [1.807, 2.05) is 30.3 Å². The largest absolute Gasteiger partial charge is 0.447 e. The predicted octanol–water partition coefficient (Wildman–Crippen LogP) is 1.17. The molecule has 0 aromatic heterocycles. The molecule has 1 aromatic carbocycles. The predicted molar refractivity (Wildman–Crippen MR) is 62.8 cm³/mol. The van der Waals surface area contributed by atoms with Crippen molar-refractivity contribution in [1.29, 1.82) is 0 Å². The van der Waals surface area contributed by atoms with E-state index in [1.165, 1.54) is 0 Å². The number of cyclic esters (lactones) is 1. The quantitative estimate of drug-likeness (QED) is 0.591. The van der Waals surface area contributed by atoms with Crippen LogP contribution in [0.3, 0.4) is 0 Å². The maximum Gasteiger partial charge on any atom is 0.416 e. The molecule has 0 radical (unpaired) electrons. The topological polar surface area (TPSA) is 63.7 Å². The van der Waals surface area contributed by atoms with Crippen LogP contribution in [-0.4, -0.2) is 35.8 Å². The summed E-state index contributed by atoms with van der Waals surface area (Å²) in [5.74, 6) is -0.506. The van der Waals surface area contributed by atoms with Gasteiger partial charge in [0.25, 0.3) is 0 Å². The highest BCUT2D eigenvalue weighted by Crippen LogP contribution is 2.17. The highest BCUT2D eigenvalue weighted by molar-refractivity contribution is 5.98. The Morgan fingerprint density at radius 1 is 1.39 bits per heavy atom. The first kappa shape index (κ1) is 12.3. The van der Waals surface area contributed by atoms with Crippen molar-refractivity contribution in [1.82, 2.24) is 4.90 Å². The standard InChI is InChI=1S/C13H13NO4/c15-7-6-12(16)14-11(9-18-13(14)17)8-10-4-2-1-3-5-10/h1-5,7,11H,6,8-9H2/t11-/m1/s1. The second-order valence-electron chi connectivity index (χ2n) is 4.05. The molecule has 1 aromatic rings. The summed E-state index contributed by atoms with van der Waals surface area (Å²) in [6.07, 6.45) is 0.0771. The smallest absolute Gasteiger partial charge is 0.416 e. The van der Waals surface area contributed by atoms with Crippen molar-refractivity contribution in [3.63, 3.8) is 0 Å². The molecule has 2 rings (SSSR count). The third-order valence-electron chi connectivity index (χ3n) is 2.80. The molecule has 94 valence electrons. The van der Waals surface area contributed by atoms with Gasteiger partial charge in [0.2, 0.25) is 5.91 Å². The second-order valence-corrected chi connectivity index (χ2v) is 4.05. The first-order chi connectivity index (χ1) is 8.72. The number of ether oxygens (including phenoxy) is 1. The van der Waals surface area contributed by atoms with E-state index in [0.717, 1.165) is 10.5 Å². The van der Waals surface area contributed by atoms with Gasteiger partial charge < -0.3 is 9.53 Å². The Balaban J connectivity index is 2.09. The summed E-state index contributed by atoms with van der Waals surface area (Å²) in [5.41, 5.74) is 1.02. The van der Waals surface area contributed by atoms with Gasteiger partial charge in [-0.25, -0.2) is 9.69 Å². The number of carbonyl (C=O) groups excluding carboxylic acids is 3. The van der Waals surface area contributed by atoms with Crippen molar-refractivity contribution in [3.05, 3.63) is 35.9 Å². The third kappa shape index (κ3) is 2.56. The molecule has 18 heavy (non-hydrogen) atoms. The Bertz CT molecular complexity index is 457. The third-order valence-corrected chi connectivity index (χ3v) is 2.80. The van der Waals surface area contributed by atoms with Crippen molar-refractivity contribution < 1.29 is 19.1 Å². The lowest BCUT2D eigenvalue weighted by Gasteiger charge is -2.18. The maximum atomic E-state index is 11.7. The van der Waals surface area contributed by atoms with E-state index >= 15 is 0 Å². The average Bonchev–Trinajstić information content (AvgIpc) is 2.72. The Labute approximate surface area is 104 Å². The Morgan fingerprint density at radius 2 is 2.11 bits per heavy atom. The molecule has 5 nitrogen and oxygen atoms in total. The summed E-state index contributed by atoms with van der Waals surface area (Å²) in [5, 5.41) is 0. The van der Waals surface area contributed by atoms with Crippen molar-refractivity contribution in [3.8, 4) is 0 Å². The van der Waals surface area contributed by atoms with E-state index in [0.29, 0.717) is 12.7 Å². The van der Waals surface area contributed by atoms with Crippen LogP contribution in [0.1, 0.15) is 12.0 Å². The Morgan fingerprint density at radius 3 is 2.78 bits per heavy atom. The highest BCUT2D eigenvalue weighted by Gasteiger charge is 2.37. The number of carbonyl (C=O) groups is 3. The second kappa shape index (κ2) is 5.44. The molecule has 5 heteroatoms. The van der Waals surface area contributed by atoms with E-state index in [1.54, 1.807) is 0 Å². The summed E-state index contributed by atoms with van der Waals surface area (Å²) in [7, 11) is 0.